The van der Waals surface area contributed by atoms with Gasteiger partial charge in [0, 0.05) is 16.9 Å². The third kappa shape index (κ3) is 8.05. The van der Waals surface area contributed by atoms with E-state index in [0.29, 0.717) is 23.2 Å². The van der Waals surface area contributed by atoms with Crippen molar-refractivity contribution in [1.82, 2.24) is 10.6 Å². The van der Waals surface area contributed by atoms with Gasteiger partial charge in [-0.15, -0.1) is 19.7 Å². The van der Waals surface area contributed by atoms with E-state index in [1.54, 1.807) is 44.2 Å². The Bertz CT molecular complexity index is 1100. The van der Waals surface area contributed by atoms with Gasteiger partial charge in [-0.25, -0.2) is 0 Å². The highest BCUT2D eigenvalue weighted by molar-refractivity contribution is 5.97. The molecule has 198 valence electrons. The normalized spacial score (nSPS) is 17.0. The van der Waals surface area contributed by atoms with Gasteiger partial charge in [0.1, 0.15) is 0 Å². The van der Waals surface area contributed by atoms with Crippen LogP contribution < -0.4 is 16.0 Å². The molecule has 0 bridgehead atoms. The molecule has 0 saturated carbocycles. The Labute approximate surface area is 219 Å². The molecule has 0 saturated heterocycles. The average Bonchev–Trinajstić information content (AvgIpc) is 2.90. The van der Waals surface area contributed by atoms with Crippen molar-refractivity contribution >= 4 is 29.1 Å². The summed E-state index contributed by atoms with van der Waals surface area (Å²) in [5.41, 5.74) is 3.41. The molecule has 1 amide bonds. The maximum absolute atomic E-state index is 12.8. The fourth-order valence-electron chi connectivity index (χ4n) is 3.60. The molecule has 1 aliphatic rings. The molecule has 1 heterocycles. The van der Waals surface area contributed by atoms with Crippen LogP contribution in [0.3, 0.4) is 0 Å². The number of methoxy groups -OCH3 is 1. The zero-order chi connectivity index (χ0) is 27.5. The van der Waals surface area contributed by atoms with Gasteiger partial charge in [0.15, 0.2) is 6.23 Å². The second-order valence-electron chi connectivity index (χ2n) is 8.76. The lowest BCUT2D eigenvalue weighted by molar-refractivity contribution is -0.150. The highest BCUT2D eigenvalue weighted by atomic mass is 16.6. The smallest absolute Gasteiger partial charge is 0.314 e. The van der Waals surface area contributed by atoms with E-state index in [1.165, 1.54) is 13.2 Å². The minimum absolute atomic E-state index is 0.0548. The molecule has 0 aromatic heterocycles. The number of likely N-dealkylation sites (N-methyl/N-ethyl adjacent to an activating group) is 1. The van der Waals surface area contributed by atoms with E-state index in [2.05, 4.69) is 35.7 Å². The van der Waals surface area contributed by atoms with Crippen molar-refractivity contribution in [3.8, 4) is 0 Å². The molecule has 4 atom stereocenters. The number of nitrogens with one attached hydrogen (secondary N) is 3. The summed E-state index contributed by atoms with van der Waals surface area (Å²) in [5, 5.41) is 9.46. The van der Waals surface area contributed by atoms with Crippen molar-refractivity contribution in [3.05, 3.63) is 85.1 Å². The summed E-state index contributed by atoms with van der Waals surface area (Å²) < 4.78 is 10.5. The third-order valence-electron chi connectivity index (χ3n) is 6.04. The second-order valence-corrected chi connectivity index (χ2v) is 8.76. The van der Waals surface area contributed by atoms with Crippen molar-refractivity contribution in [2.45, 2.75) is 39.0 Å². The van der Waals surface area contributed by atoms with Gasteiger partial charge < -0.3 is 25.4 Å². The number of allylic oxidation sites excluding steroid dienone is 2. The van der Waals surface area contributed by atoms with Crippen LogP contribution in [0.25, 0.3) is 5.57 Å². The van der Waals surface area contributed by atoms with Crippen molar-refractivity contribution in [2.75, 3.05) is 19.5 Å². The minimum atomic E-state index is -0.754. The molecule has 2 rings (SSSR count). The van der Waals surface area contributed by atoms with E-state index in [9.17, 15) is 14.4 Å². The van der Waals surface area contributed by atoms with Gasteiger partial charge in [0.2, 0.25) is 5.91 Å². The quantitative estimate of drug-likeness (QED) is 0.275. The van der Waals surface area contributed by atoms with Crippen LogP contribution >= 0.6 is 0 Å². The van der Waals surface area contributed by atoms with Crippen molar-refractivity contribution < 1.29 is 23.9 Å². The van der Waals surface area contributed by atoms with Gasteiger partial charge in [0.05, 0.1) is 31.4 Å². The Kier molecular flexibility index (Phi) is 11.1. The monoisotopic (exact) mass is 507 g/mol. The third-order valence-corrected chi connectivity index (χ3v) is 6.04. The summed E-state index contributed by atoms with van der Waals surface area (Å²) in [5.74, 6) is -1.96. The van der Waals surface area contributed by atoms with Crippen LogP contribution in [0.1, 0.15) is 31.4 Å². The van der Waals surface area contributed by atoms with E-state index < -0.39 is 30.0 Å². The molecule has 1 aliphatic heterocycles. The lowest BCUT2D eigenvalue weighted by atomic mass is 9.95. The molecule has 4 unspecified atom stereocenters. The first kappa shape index (κ1) is 29.3. The first-order chi connectivity index (χ1) is 17.7. The van der Waals surface area contributed by atoms with Gasteiger partial charge in [-0.2, -0.15) is 0 Å². The highest BCUT2D eigenvalue weighted by Gasteiger charge is 2.25. The fraction of sp³-hybridized carbons (Fsp3) is 0.345. The Balaban J connectivity index is 2.60. The van der Waals surface area contributed by atoms with E-state index in [0.717, 1.165) is 11.3 Å². The van der Waals surface area contributed by atoms with E-state index in [4.69, 9.17) is 9.47 Å². The van der Waals surface area contributed by atoms with Crippen LogP contribution in [0, 0.1) is 11.8 Å². The molecule has 0 aliphatic carbocycles. The van der Waals surface area contributed by atoms with E-state index >= 15 is 0 Å². The van der Waals surface area contributed by atoms with Crippen LogP contribution in [0.5, 0.6) is 0 Å². The maximum atomic E-state index is 12.8. The van der Waals surface area contributed by atoms with E-state index in [-0.39, 0.29) is 18.4 Å². The Morgan fingerprint density at radius 2 is 1.84 bits per heavy atom. The molecule has 8 heteroatoms. The Hall–Kier alpha value is -3.91. The SMILES string of the molecule is C=CCC(NC)C1=CC(c2ccc(CC(=O)OC)cc2NC(=O)C(C)C=C)=CC(OC(=O)C(C)C=C)N1. The summed E-state index contributed by atoms with van der Waals surface area (Å²) in [6.07, 6.45) is 8.52. The van der Waals surface area contributed by atoms with Crippen LogP contribution in [0.15, 0.2) is 74.0 Å². The predicted molar refractivity (Wildman–Crippen MR) is 146 cm³/mol. The molecular formula is C29H37N3O5. The number of hydrogen-bond donors (Lipinski definition) is 3. The predicted octanol–water partition coefficient (Wildman–Crippen LogP) is 3.89. The minimum Gasteiger partial charge on any atom is -0.469 e. The van der Waals surface area contributed by atoms with Crippen molar-refractivity contribution in [1.29, 1.82) is 0 Å². The van der Waals surface area contributed by atoms with Crippen molar-refractivity contribution in [2.24, 2.45) is 11.8 Å². The molecule has 0 fully saturated rings. The topological polar surface area (TPSA) is 106 Å². The molecule has 8 nitrogen and oxygen atoms in total. The number of carbonyl (C=O) groups excluding carboxylic acids is 3. The van der Waals surface area contributed by atoms with Gasteiger partial charge in [0.25, 0.3) is 0 Å². The molecule has 37 heavy (non-hydrogen) atoms. The molecule has 0 spiro atoms. The lowest BCUT2D eigenvalue weighted by Crippen LogP contribution is -2.42. The lowest BCUT2D eigenvalue weighted by Gasteiger charge is -2.30. The van der Waals surface area contributed by atoms with Gasteiger partial charge in [-0.1, -0.05) is 37.3 Å². The molecule has 1 aromatic carbocycles. The first-order valence-corrected chi connectivity index (χ1v) is 12.1. The summed E-state index contributed by atoms with van der Waals surface area (Å²) in [6, 6.07) is 5.26. The summed E-state index contributed by atoms with van der Waals surface area (Å²) in [7, 11) is 3.16. The summed E-state index contributed by atoms with van der Waals surface area (Å²) in [6.45, 7) is 14.6. The maximum Gasteiger partial charge on any atom is 0.314 e. The van der Waals surface area contributed by atoms with E-state index in [1.807, 2.05) is 19.2 Å². The number of dihydropyridines is 1. The number of benzene rings is 1. The number of rotatable bonds is 13. The van der Waals surface area contributed by atoms with Crippen LogP contribution in [0.4, 0.5) is 5.69 Å². The molecule has 3 N–H and O–H groups in total. The largest absolute Gasteiger partial charge is 0.469 e. The zero-order valence-corrected chi connectivity index (χ0v) is 22.0. The summed E-state index contributed by atoms with van der Waals surface area (Å²) in [4.78, 5) is 37.2. The number of carbonyl (C=O) groups is 3. The van der Waals surface area contributed by atoms with Gasteiger partial charge in [-0.05, 0) is 49.7 Å². The fourth-order valence-corrected chi connectivity index (χ4v) is 3.60. The van der Waals surface area contributed by atoms with Gasteiger partial charge in [-0.3, -0.25) is 14.4 Å². The van der Waals surface area contributed by atoms with Crippen LogP contribution in [0.2, 0.25) is 0 Å². The van der Waals surface area contributed by atoms with Crippen LogP contribution in [-0.4, -0.2) is 44.3 Å². The number of anilines is 1. The number of ether oxygens (including phenoxy) is 2. The second kappa shape index (κ2) is 14.0. The standard InChI is InChI=1S/C29H37N3O5/c1-8-11-23(30-6)25-16-21(17-26(31-25)37-29(35)19(5)10-3)22-13-12-20(15-27(33)36-7)14-24(22)32-28(34)18(4)9-2/h8-10,12-14,16-19,23,26,30-31H,1-3,11,15H2,4-7H3,(H,32,34). The molecule has 1 aromatic rings. The Morgan fingerprint density at radius 3 is 2.43 bits per heavy atom. The average molecular weight is 508 g/mol. The molecular weight excluding hydrogens is 470 g/mol. The summed E-state index contributed by atoms with van der Waals surface area (Å²) >= 11 is 0. The first-order valence-electron chi connectivity index (χ1n) is 12.1. The van der Waals surface area contributed by atoms with Crippen LogP contribution in [-0.2, 0) is 30.3 Å². The highest BCUT2D eigenvalue weighted by Crippen LogP contribution is 2.31. The van der Waals surface area contributed by atoms with Gasteiger partial charge >= 0.3 is 11.9 Å². The number of amides is 1. The van der Waals surface area contributed by atoms with Crippen molar-refractivity contribution in [3.63, 3.8) is 0 Å². The number of esters is 2. The number of hydrogen-bond acceptors (Lipinski definition) is 7. The Morgan fingerprint density at radius 1 is 1.14 bits per heavy atom. The molecule has 0 radical (unpaired) electrons. The zero-order valence-electron chi connectivity index (χ0n) is 22.0.